The molecule has 0 saturated carbocycles. The second kappa shape index (κ2) is 34.6. The smallest absolute Gasteiger partial charge is 0.462 e. The molecule has 0 rings (SSSR count). The quantitative estimate of drug-likeness (QED) is 0.0296. The fraction of sp³-hybridized carbons (Fsp3) is 0.692. The van der Waals surface area contributed by atoms with E-state index in [-0.39, 0.29) is 19.4 Å². The third-order valence-electron chi connectivity index (χ3n) is 7.67. The first-order chi connectivity index (χ1) is 23.3. The zero-order valence-corrected chi connectivity index (χ0v) is 30.8. The molecule has 0 aromatic heterocycles. The first kappa shape index (κ1) is 45.8. The lowest BCUT2D eigenvalue weighted by atomic mass is 10.0. The van der Waals surface area contributed by atoms with E-state index in [9.17, 15) is 14.2 Å². The molecule has 0 fully saturated rings. The first-order valence-corrected chi connectivity index (χ1v) is 20.1. The second-order valence-corrected chi connectivity index (χ2v) is 13.5. The summed E-state index contributed by atoms with van der Waals surface area (Å²) in [5.41, 5.74) is 0. The average Bonchev–Trinajstić information content (AvgIpc) is 3.05. The van der Waals surface area contributed by atoms with Crippen LogP contribution in [0.3, 0.4) is 0 Å². The minimum Gasteiger partial charge on any atom is -0.462 e. The van der Waals surface area contributed by atoms with Crippen molar-refractivity contribution in [2.45, 2.75) is 161 Å². The van der Waals surface area contributed by atoms with Gasteiger partial charge < -0.3 is 19.3 Å². The molecule has 0 spiro atoms. The third kappa shape index (κ3) is 36.6. The van der Waals surface area contributed by atoms with Crippen LogP contribution in [0.4, 0.5) is 0 Å². The van der Waals surface area contributed by atoms with Crippen LogP contribution in [0.25, 0.3) is 0 Å². The molecule has 0 heterocycles. The van der Waals surface area contributed by atoms with Gasteiger partial charge in [0.25, 0.3) is 0 Å². The monoisotopic (exact) mass is 694 g/mol. The molecule has 0 radical (unpaired) electrons. The van der Waals surface area contributed by atoms with Crippen LogP contribution in [-0.2, 0) is 28.2 Å². The Morgan fingerprint density at radius 3 is 1.56 bits per heavy atom. The van der Waals surface area contributed by atoms with Gasteiger partial charge in [0, 0.05) is 12.8 Å². The lowest BCUT2D eigenvalue weighted by Crippen LogP contribution is -2.29. The lowest BCUT2D eigenvalue weighted by molar-refractivity contribution is -0.161. The second-order valence-electron chi connectivity index (χ2n) is 12.3. The maximum Gasteiger partial charge on any atom is 0.469 e. The number of phosphoric acid groups is 1. The summed E-state index contributed by atoms with van der Waals surface area (Å²) in [5.74, 6) is -0.940. The molecule has 0 aliphatic rings. The normalized spacial score (nSPS) is 12.9. The van der Waals surface area contributed by atoms with E-state index in [1.165, 1.54) is 57.8 Å². The molecule has 1 atom stereocenters. The van der Waals surface area contributed by atoms with Crippen LogP contribution in [0.1, 0.15) is 155 Å². The summed E-state index contributed by atoms with van der Waals surface area (Å²) in [6, 6.07) is 0. The number of rotatable bonds is 34. The summed E-state index contributed by atoms with van der Waals surface area (Å²) in [4.78, 5) is 42.7. The third-order valence-corrected chi connectivity index (χ3v) is 8.15. The van der Waals surface area contributed by atoms with E-state index < -0.39 is 32.5 Å². The minimum absolute atomic E-state index is 0.157. The van der Waals surface area contributed by atoms with Crippen molar-refractivity contribution in [1.29, 1.82) is 0 Å². The van der Waals surface area contributed by atoms with Crippen molar-refractivity contribution in [3.8, 4) is 0 Å². The number of allylic oxidation sites excluding steroid dienone is 9. The average molecular weight is 695 g/mol. The Bertz CT molecular complexity index is 950. The molecule has 276 valence electrons. The van der Waals surface area contributed by atoms with Gasteiger partial charge in [-0.2, -0.15) is 0 Å². The van der Waals surface area contributed by atoms with Gasteiger partial charge in [-0.05, 0) is 64.2 Å². The summed E-state index contributed by atoms with van der Waals surface area (Å²) in [6.45, 7) is 5.03. The molecule has 0 saturated heterocycles. The maximum atomic E-state index is 12.3. The highest BCUT2D eigenvalue weighted by molar-refractivity contribution is 7.46. The lowest BCUT2D eigenvalue weighted by Gasteiger charge is -2.18. The number of unbranched alkanes of at least 4 members (excludes halogenated alkanes) is 15. The predicted molar refractivity (Wildman–Crippen MR) is 197 cm³/mol. The zero-order chi connectivity index (χ0) is 35.4. The van der Waals surface area contributed by atoms with Gasteiger partial charge in [0.05, 0.1) is 6.61 Å². The van der Waals surface area contributed by atoms with Crippen LogP contribution in [0.15, 0.2) is 61.3 Å². The van der Waals surface area contributed by atoms with Gasteiger partial charge in [-0.25, -0.2) is 4.57 Å². The van der Waals surface area contributed by atoms with Gasteiger partial charge in [-0.3, -0.25) is 14.1 Å². The Kier molecular flexibility index (Phi) is 33.0. The SMILES string of the molecule is C=CCCCCCCCCCCCCCCCC(=O)OC[C@H](COP(=O)(O)O)OC(=O)CCCC/C=C/C/C=C/C/C=C/C/C=C/CC. The van der Waals surface area contributed by atoms with Crippen molar-refractivity contribution in [3.05, 3.63) is 61.3 Å². The number of carbonyl (C=O) groups is 2. The Morgan fingerprint density at radius 2 is 1.04 bits per heavy atom. The molecule has 0 aliphatic heterocycles. The van der Waals surface area contributed by atoms with E-state index in [0.29, 0.717) is 12.8 Å². The van der Waals surface area contributed by atoms with Crippen molar-refractivity contribution >= 4 is 19.8 Å². The van der Waals surface area contributed by atoms with E-state index in [1.54, 1.807) is 0 Å². The molecule has 0 aliphatic carbocycles. The molecular weight excluding hydrogens is 627 g/mol. The Labute approximate surface area is 292 Å². The summed E-state index contributed by atoms with van der Waals surface area (Å²) < 4.78 is 26.3. The van der Waals surface area contributed by atoms with E-state index in [4.69, 9.17) is 19.3 Å². The number of ether oxygens (including phenoxy) is 2. The molecule has 0 aromatic carbocycles. The maximum absolute atomic E-state index is 12.3. The zero-order valence-electron chi connectivity index (χ0n) is 29.9. The van der Waals surface area contributed by atoms with E-state index in [1.807, 2.05) is 6.08 Å². The molecule has 0 aromatic rings. The standard InChI is InChI=1S/C39H67O8P/c1-3-5-7-9-11-13-15-17-19-21-23-25-27-29-31-33-38(40)45-35-37(36-46-48(42,43)44)47-39(41)34-32-30-28-26-24-22-20-18-16-14-12-10-8-6-4-2/h3,6,8,12,14,18,20,24,26,37H,1,4-5,7,9-11,13,15-17,19,21-23,25,27-36H2,2H3,(H2,42,43,44)/b8-6+,14-12+,20-18+,26-24+/t37-/m1/s1. The topological polar surface area (TPSA) is 119 Å². The van der Waals surface area contributed by atoms with Crippen LogP contribution in [0.2, 0.25) is 0 Å². The fourth-order valence-corrected chi connectivity index (χ4v) is 5.29. The number of carbonyl (C=O) groups excluding carboxylic acids is 2. The Hall–Kier alpha value is -2.25. The summed E-state index contributed by atoms with van der Waals surface area (Å²) >= 11 is 0. The summed E-state index contributed by atoms with van der Waals surface area (Å²) in [5, 5.41) is 0. The van der Waals surface area contributed by atoms with E-state index in [2.05, 4.69) is 66.6 Å². The highest BCUT2D eigenvalue weighted by atomic mass is 31.2. The number of hydrogen-bond acceptors (Lipinski definition) is 6. The van der Waals surface area contributed by atoms with Gasteiger partial charge in [0.1, 0.15) is 6.61 Å². The van der Waals surface area contributed by atoms with Gasteiger partial charge in [-0.15, -0.1) is 6.58 Å². The van der Waals surface area contributed by atoms with Crippen LogP contribution in [0.5, 0.6) is 0 Å². The molecule has 48 heavy (non-hydrogen) atoms. The van der Waals surface area contributed by atoms with Crippen molar-refractivity contribution in [2.24, 2.45) is 0 Å². The Balaban J connectivity index is 4.03. The molecule has 0 unspecified atom stereocenters. The van der Waals surface area contributed by atoms with E-state index in [0.717, 1.165) is 64.2 Å². The number of hydrogen-bond donors (Lipinski definition) is 2. The number of esters is 2. The van der Waals surface area contributed by atoms with Crippen molar-refractivity contribution < 1.29 is 37.9 Å². The molecule has 2 N–H and O–H groups in total. The highest BCUT2D eigenvalue weighted by Gasteiger charge is 2.22. The van der Waals surface area contributed by atoms with E-state index >= 15 is 0 Å². The van der Waals surface area contributed by atoms with Crippen molar-refractivity contribution in [2.75, 3.05) is 13.2 Å². The molecule has 0 bridgehead atoms. The van der Waals surface area contributed by atoms with Crippen LogP contribution < -0.4 is 0 Å². The fourth-order valence-electron chi connectivity index (χ4n) is 4.93. The van der Waals surface area contributed by atoms with Crippen molar-refractivity contribution in [3.63, 3.8) is 0 Å². The first-order valence-electron chi connectivity index (χ1n) is 18.5. The summed E-state index contributed by atoms with van der Waals surface area (Å²) in [7, 11) is -4.76. The molecule has 8 nitrogen and oxygen atoms in total. The highest BCUT2D eigenvalue weighted by Crippen LogP contribution is 2.36. The van der Waals surface area contributed by atoms with Crippen LogP contribution in [0, 0.1) is 0 Å². The minimum atomic E-state index is -4.76. The van der Waals surface area contributed by atoms with Crippen molar-refractivity contribution in [1.82, 2.24) is 0 Å². The largest absolute Gasteiger partial charge is 0.469 e. The molecule has 0 amide bonds. The van der Waals surface area contributed by atoms with Gasteiger partial charge in [0.15, 0.2) is 6.10 Å². The van der Waals surface area contributed by atoms with Gasteiger partial charge >= 0.3 is 19.8 Å². The van der Waals surface area contributed by atoms with Crippen LogP contribution >= 0.6 is 7.82 Å². The Morgan fingerprint density at radius 1 is 0.604 bits per heavy atom. The molecular formula is C39H67O8P. The predicted octanol–water partition coefficient (Wildman–Crippen LogP) is 11.0. The van der Waals surface area contributed by atoms with Gasteiger partial charge in [0.2, 0.25) is 0 Å². The molecule has 9 heteroatoms. The van der Waals surface area contributed by atoms with Gasteiger partial charge in [-0.1, -0.05) is 132 Å². The van der Waals surface area contributed by atoms with Crippen LogP contribution in [-0.4, -0.2) is 41.0 Å². The number of phosphoric ester groups is 1. The summed E-state index contributed by atoms with van der Waals surface area (Å²) in [6.07, 6.45) is 41.2.